The summed E-state index contributed by atoms with van der Waals surface area (Å²) in [5.41, 5.74) is 0.436. The minimum atomic E-state index is -0.650. The van der Waals surface area contributed by atoms with Crippen molar-refractivity contribution in [2.24, 2.45) is 0 Å². The van der Waals surface area contributed by atoms with Gasteiger partial charge in [0, 0.05) is 19.3 Å². The van der Waals surface area contributed by atoms with Crippen LogP contribution in [-0.2, 0) is 0 Å². The van der Waals surface area contributed by atoms with Crippen LogP contribution in [0.5, 0.6) is 0 Å². The fourth-order valence-electron chi connectivity index (χ4n) is 2.37. The van der Waals surface area contributed by atoms with Gasteiger partial charge >= 0.3 is 0 Å². The molecule has 0 aliphatic carbocycles. The first kappa shape index (κ1) is 12.5. The van der Waals surface area contributed by atoms with Gasteiger partial charge in [-0.25, -0.2) is 4.39 Å². The van der Waals surface area contributed by atoms with Crippen molar-refractivity contribution >= 4 is 5.82 Å². The molecule has 6 heteroatoms. The average Bonchev–Trinajstić information content (AvgIpc) is 3.02. The van der Waals surface area contributed by atoms with Crippen LogP contribution in [0.15, 0.2) is 24.4 Å². The zero-order chi connectivity index (χ0) is 13.9. The van der Waals surface area contributed by atoms with Crippen LogP contribution < -0.4 is 4.90 Å². The molecule has 0 N–H and O–H groups in total. The number of rotatable bonds is 2. The molecule has 1 aliphatic heterocycles. The van der Waals surface area contributed by atoms with E-state index >= 15 is 0 Å². The molecular formula is C14H12FN5. The molecule has 3 rings (SSSR count). The Hall–Kier alpha value is -2.55. The second kappa shape index (κ2) is 5.21. The number of nitrogens with zero attached hydrogens (tertiary/aromatic N) is 5. The maximum Gasteiger partial charge on any atom is 0.199 e. The minimum Gasteiger partial charge on any atom is -0.354 e. The third kappa shape index (κ3) is 2.07. The van der Waals surface area contributed by atoms with Gasteiger partial charge < -0.3 is 4.90 Å². The van der Waals surface area contributed by atoms with E-state index in [1.54, 1.807) is 30.5 Å². The van der Waals surface area contributed by atoms with Gasteiger partial charge in [-0.2, -0.15) is 5.26 Å². The van der Waals surface area contributed by atoms with E-state index in [-0.39, 0.29) is 11.3 Å². The van der Waals surface area contributed by atoms with Gasteiger partial charge in [-0.05, 0) is 25.0 Å². The monoisotopic (exact) mass is 269 g/mol. The molecule has 0 unspecified atom stereocenters. The van der Waals surface area contributed by atoms with Crippen LogP contribution in [-0.4, -0.2) is 28.3 Å². The number of pyridine rings is 1. The summed E-state index contributed by atoms with van der Waals surface area (Å²) in [7, 11) is 0. The number of nitriles is 1. The van der Waals surface area contributed by atoms with Gasteiger partial charge in [0.2, 0.25) is 0 Å². The Kier molecular flexibility index (Phi) is 3.25. The summed E-state index contributed by atoms with van der Waals surface area (Å²) in [5.74, 6) is -0.180. The summed E-state index contributed by atoms with van der Waals surface area (Å²) in [4.78, 5) is 6.16. The van der Waals surface area contributed by atoms with Crippen LogP contribution >= 0.6 is 0 Å². The predicted molar refractivity (Wildman–Crippen MR) is 71.4 cm³/mol. The van der Waals surface area contributed by atoms with Crippen LogP contribution in [0.1, 0.15) is 18.5 Å². The molecule has 0 saturated carbocycles. The van der Waals surface area contributed by atoms with Crippen LogP contribution in [0.4, 0.5) is 10.2 Å². The highest BCUT2D eigenvalue weighted by Crippen LogP contribution is 2.32. The summed E-state index contributed by atoms with van der Waals surface area (Å²) in [6.45, 7) is 1.64. The molecule has 3 heterocycles. The van der Waals surface area contributed by atoms with E-state index in [9.17, 15) is 4.39 Å². The molecule has 2 aromatic heterocycles. The summed E-state index contributed by atoms with van der Waals surface area (Å²) in [6, 6.07) is 6.98. The van der Waals surface area contributed by atoms with E-state index in [2.05, 4.69) is 15.2 Å². The van der Waals surface area contributed by atoms with Crippen LogP contribution in [0.25, 0.3) is 11.3 Å². The lowest BCUT2D eigenvalue weighted by atomic mass is 10.1. The van der Waals surface area contributed by atoms with Crippen molar-refractivity contribution in [3.05, 3.63) is 35.9 Å². The highest BCUT2D eigenvalue weighted by molar-refractivity contribution is 5.74. The van der Waals surface area contributed by atoms with Gasteiger partial charge in [0.05, 0.1) is 11.3 Å². The number of aromatic nitrogens is 3. The summed E-state index contributed by atoms with van der Waals surface area (Å²) in [6.07, 6.45) is 3.69. The maximum absolute atomic E-state index is 14.5. The van der Waals surface area contributed by atoms with Gasteiger partial charge in [-0.3, -0.25) is 4.98 Å². The van der Waals surface area contributed by atoms with E-state index in [0.29, 0.717) is 11.5 Å². The van der Waals surface area contributed by atoms with E-state index < -0.39 is 5.82 Å². The molecule has 0 amide bonds. The normalized spacial score (nSPS) is 14.3. The molecule has 100 valence electrons. The number of halogens is 1. The lowest BCUT2D eigenvalue weighted by Gasteiger charge is -2.19. The predicted octanol–water partition coefficient (Wildman–Crippen LogP) is 2.15. The van der Waals surface area contributed by atoms with Gasteiger partial charge in [-0.1, -0.05) is 6.07 Å². The maximum atomic E-state index is 14.5. The Bertz CT molecular complexity index is 659. The molecular weight excluding hydrogens is 257 g/mol. The Morgan fingerprint density at radius 1 is 1.20 bits per heavy atom. The first-order chi connectivity index (χ1) is 9.81. The Morgan fingerprint density at radius 3 is 2.65 bits per heavy atom. The molecule has 0 aromatic carbocycles. The molecule has 0 radical (unpaired) electrons. The summed E-state index contributed by atoms with van der Waals surface area (Å²) >= 11 is 0. The van der Waals surface area contributed by atoms with Crippen molar-refractivity contribution in [2.45, 2.75) is 12.8 Å². The SMILES string of the molecule is N#Cc1nnc(N2CCCC2)c(-c2ccccn2)c1F. The van der Waals surface area contributed by atoms with E-state index in [1.165, 1.54) is 0 Å². The smallest absolute Gasteiger partial charge is 0.199 e. The molecule has 2 aromatic rings. The zero-order valence-corrected chi connectivity index (χ0v) is 10.8. The fourth-order valence-corrected chi connectivity index (χ4v) is 2.37. The number of anilines is 1. The molecule has 1 fully saturated rings. The molecule has 20 heavy (non-hydrogen) atoms. The second-order valence-corrected chi connectivity index (χ2v) is 4.58. The Morgan fingerprint density at radius 2 is 2.00 bits per heavy atom. The number of hydrogen-bond donors (Lipinski definition) is 0. The zero-order valence-electron chi connectivity index (χ0n) is 10.8. The van der Waals surface area contributed by atoms with Crippen molar-refractivity contribution in [3.8, 4) is 17.3 Å². The standard InChI is InChI=1S/C14H12FN5/c15-13-11(9-16)18-19-14(20-7-3-4-8-20)12(13)10-5-1-2-6-17-10/h1-2,5-6H,3-4,7-8H2. The average molecular weight is 269 g/mol. The van der Waals surface area contributed by atoms with Crippen molar-refractivity contribution in [3.63, 3.8) is 0 Å². The first-order valence-electron chi connectivity index (χ1n) is 6.44. The lowest BCUT2D eigenvalue weighted by molar-refractivity contribution is 0.611. The third-order valence-corrected chi connectivity index (χ3v) is 3.33. The van der Waals surface area contributed by atoms with E-state index in [4.69, 9.17) is 5.26 Å². The van der Waals surface area contributed by atoms with E-state index in [1.807, 2.05) is 4.90 Å². The van der Waals surface area contributed by atoms with E-state index in [0.717, 1.165) is 25.9 Å². The highest BCUT2D eigenvalue weighted by Gasteiger charge is 2.24. The van der Waals surface area contributed by atoms with Crippen LogP contribution in [0.3, 0.4) is 0 Å². The van der Waals surface area contributed by atoms with Crippen molar-refractivity contribution in [1.29, 1.82) is 5.26 Å². The third-order valence-electron chi connectivity index (χ3n) is 3.33. The van der Waals surface area contributed by atoms with Crippen molar-refractivity contribution < 1.29 is 4.39 Å². The van der Waals surface area contributed by atoms with Gasteiger partial charge in [0.1, 0.15) is 6.07 Å². The van der Waals surface area contributed by atoms with Gasteiger partial charge in [-0.15, -0.1) is 10.2 Å². The summed E-state index contributed by atoms with van der Waals surface area (Å²) in [5, 5.41) is 16.6. The molecule has 0 atom stereocenters. The highest BCUT2D eigenvalue weighted by atomic mass is 19.1. The van der Waals surface area contributed by atoms with Crippen LogP contribution in [0.2, 0.25) is 0 Å². The minimum absolute atomic E-state index is 0.263. The molecule has 1 saturated heterocycles. The van der Waals surface area contributed by atoms with Crippen molar-refractivity contribution in [2.75, 3.05) is 18.0 Å². The Labute approximate surface area is 115 Å². The van der Waals surface area contributed by atoms with Crippen molar-refractivity contribution in [1.82, 2.24) is 15.2 Å². The quantitative estimate of drug-likeness (QED) is 0.835. The van der Waals surface area contributed by atoms with Crippen LogP contribution in [0, 0.1) is 17.1 Å². The molecule has 0 spiro atoms. The molecule has 5 nitrogen and oxygen atoms in total. The first-order valence-corrected chi connectivity index (χ1v) is 6.44. The number of hydrogen-bond acceptors (Lipinski definition) is 5. The van der Waals surface area contributed by atoms with Gasteiger partial charge in [0.15, 0.2) is 17.3 Å². The molecule has 0 bridgehead atoms. The molecule has 1 aliphatic rings. The summed E-state index contributed by atoms with van der Waals surface area (Å²) < 4.78 is 14.5. The van der Waals surface area contributed by atoms with Gasteiger partial charge in [0.25, 0.3) is 0 Å². The topological polar surface area (TPSA) is 65.7 Å². The Balaban J connectivity index is 2.20. The largest absolute Gasteiger partial charge is 0.354 e. The second-order valence-electron chi connectivity index (χ2n) is 4.58. The fraction of sp³-hybridized carbons (Fsp3) is 0.286. The lowest BCUT2D eigenvalue weighted by Crippen LogP contribution is -2.21.